The van der Waals surface area contributed by atoms with Crippen LogP contribution in [0, 0.1) is 0 Å². The zero-order chi connectivity index (χ0) is 3.58. The van der Waals surface area contributed by atoms with Crippen LogP contribution in [0.15, 0.2) is 0 Å². The maximum Gasteiger partial charge on any atom is 0.0483 e. The van der Waals surface area contributed by atoms with Gasteiger partial charge in [0.15, 0.2) is 0 Å². The minimum Gasteiger partial charge on any atom is -1.00 e. The van der Waals surface area contributed by atoms with Crippen LogP contribution in [0.4, 0.5) is 0 Å². The molecule has 0 aromatic carbocycles. The predicted molar refractivity (Wildman–Crippen MR) is 17.4 cm³/mol. The summed E-state index contributed by atoms with van der Waals surface area (Å²) >= 11 is 0. The van der Waals surface area contributed by atoms with Crippen molar-refractivity contribution in [3.63, 3.8) is 0 Å². The number of hydrogen-bond acceptors (Lipinski definition) is 1. The van der Waals surface area contributed by atoms with E-state index >= 15 is 0 Å². The quantitative estimate of drug-likeness (QED) is 0.391. The summed E-state index contributed by atoms with van der Waals surface area (Å²) in [5.74, 6) is 0. The van der Waals surface area contributed by atoms with Gasteiger partial charge in [-0.25, -0.2) is 0 Å². The first-order valence-corrected chi connectivity index (χ1v) is 1.41. The molecule has 0 spiro atoms. The molecule has 0 aliphatic carbocycles. The van der Waals surface area contributed by atoms with Crippen LogP contribution in [0.3, 0.4) is 0 Å². The molecule has 0 aromatic rings. The Morgan fingerprint density at radius 3 is 1.40 bits per heavy atom. The highest BCUT2D eigenvalue weighted by molar-refractivity contribution is 4.20. The second kappa shape index (κ2) is 4.44. The maximum absolute atomic E-state index is 8.06. The van der Waals surface area contributed by atoms with Crippen LogP contribution in [-0.2, 0) is 0 Å². The van der Waals surface area contributed by atoms with Crippen molar-refractivity contribution in [3.05, 3.63) is 0 Å². The molecule has 0 radical (unpaired) electrons. The molecule has 0 aliphatic rings. The van der Waals surface area contributed by atoms with Crippen molar-refractivity contribution in [2.75, 3.05) is 0 Å². The Kier molecular flexibility index (Phi) is 8.05. The van der Waals surface area contributed by atoms with E-state index in [2.05, 4.69) is 0 Å². The standard InChI is InChI=1S/C3H8O.BrH/c1-3(2)4;/h3-4H,1-2H3;1H/p-1. The summed E-state index contributed by atoms with van der Waals surface area (Å²) < 4.78 is 0. The Bertz CT molecular complexity index is 11.6. The van der Waals surface area contributed by atoms with Crippen molar-refractivity contribution in [1.82, 2.24) is 0 Å². The minimum absolute atomic E-state index is 0. The van der Waals surface area contributed by atoms with Crippen molar-refractivity contribution in [1.29, 1.82) is 0 Å². The smallest absolute Gasteiger partial charge is 0.0483 e. The van der Waals surface area contributed by atoms with Crippen molar-refractivity contribution in [2.24, 2.45) is 0 Å². The third kappa shape index (κ3) is 137. The van der Waals surface area contributed by atoms with Crippen LogP contribution >= 0.6 is 0 Å². The molecule has 0 saturated carbocycles. The fourth-order valence-electron chi connectivity index (χ4n) is 0. The third-order valence-corrected chi connectivity index (χ3v) is 0. The van der Waals surface area contributed by atoms with Gasteiger partial charge in [0.05, 0.1) is 0 Å². The van der Waals surface area contributed by atoms with Gasteiger partial charge in [0.2, 0.25) is 0 Å². The van der Waals surface area contributed by atoms with Crippen LogP contribution in [0.5, 0.6) is 0 Å². The number of halogens is 1. The van der Waals surface area contributed by atoms with E-state index in [9.17, 15) is 0 Å². The van der Waals surface area contributed by atoms with Crippen LogP contribution in [-0.4, -0.2) is 11.2 Å². The number of aliphatic hydroxyl groups excluding tert-OH is 1. The molecule has 2 heteroatoms. The van der Waals surface area contributed by atoms with Crippen molar-refractivity contribution in [3.8, 4) is 0 Å². The fraction of sp³-hybridized carbons (Fsp3) is 1.00. The first kappa shape index (κ1) is 9.06. The van der Waals surface area contributed by atoms with E-state index in [0.717, 1.165) is 0 Å². The molecule has 0 heterocycles. The van der Waals surface area contributed by atoms with Gasteiger partial charge in [-0.2, -0.15) is 0 Å². The fourth-order valence-corrected chi connectivity index (χ4v) is 0. The maximum atomic E-state index is 8.06. The molecule has 0 aliphatic heterocycles. The molecule has 0 unspecified atom stereocenters. The van der Waals surface area contributed by atoms with E-state index in [1.165, 1.54) is 0 Å². The van der Waals surface area contributed by atoms with Crippen molar-refractivity contribution >= 4 is 0 Å². The summed E-state index contributed by atoms with van der Waals surface area (Å²) in [5.41, 5.74) is 0. The molecule has 1 N–H and O–H groups in total. The largest absolute Gasteiger partial charge is 1.00 e. The van der Waals surface area contributed by atoms with Gasteiger partial charge < -0.3 is 22.1 Å². The summed E-state index contributed by atoms with van der Waals surface area (Å²) in [6.07, 6.45) is -0.167. The Labute approximate surface area is 42.8 Å². The zero-order valence-corrected chi connectivity index (χ0v) is 4.99. The van der Waals surface area contributed by atoms with Gasteiger partial charge >= 0.3 is 0 Å². The lowest BCUT2D eigenvalue weighted by Crippen LogP contribution is -3.00. The van der Waals surface area contributed by atoms with E-state index in [4.69, 9.17) is 5.11 Å². The van der Waals surface area contributed by atoms with Gasteiger partial charge in [-0.05, 0) is 13.8 Å². The molecule has 0 fully saturated rings. The van der Waals surface area contributed by atoms with E-state index in [-0.39, 0.29) is 23.1 Å². The molecule has 0 atom stereocenters. The normalized spacial score (nSPS) is 7.20. The van der Waals surface area contributed by atoms with Crippen LogP contribution in [0.1, 0.15) is 13.8 Å². The highest BCUT2D eigenvalue weighted by atomic mass is 79.9. The second-order valence-corrected chi connectivity index (χ2v) is 1.09. The monoisotopic (exact) mass is 139 g/mol. The van der Waals surface area contributed by atoms with Gasteiger partial charge in [-0.1, -0.05) is 0 Å². The Hall–Kier alpha value is 0.440. The van der Waals surface area contributed by atoms with Crippen LogP contribution in [0.25, 0.3) is 0 Å². The van der Waals surface area contributed by atoms with E-state index < -0.39 is 0 Å². The highest BCUT2D eigenvalue weighted by Crippen LogP contribution is 1.65. The Balaban J connectivity index is 0. The molecule has 0 amide bonds. The van der Waals surface area contributed by atoms with E-state index in [1.807, 2.05) is 0 Å². The molecule has 0 aromatic heterocycles. The molecule has 0 bridgehead atoms. The highest BCUT2D eigenvalue weighted by Gasteiger charge is 1.69. The van der Waals surface area contributed by atoms with E-state index in [1.54, 1.807) is 13.8 Å². The van der Waals surface area contributed by atoms with Gasteiger partial charge in [0, 0.05) is 6.10 Å². The van der Waals surface area contributed by atoms with Gasteiger partial charge in [0.25, 0.3) is 0 Å². The Morgan fingerprint density at radius 2 is 1.40 bits per heavy atom. The summed E-state index contributed by atoms with van der Waals surface area (Å²) in [5, 5.41) is 8.06. The number of hydrogen-bond donors (Lipinski definition) is 1. The molecule has 0 saturated heterocycles. The molecule has 5 heavy (non-hydrogen) atoms. The summed E-state index contributed by atoms with van der Waals surface area (Å²) in [7, 11) is 0. The van der Waals surface area contributed by atoms with Crippen LogP contribution in [0.2, 0.25) is 0 Å². The minimum atomic E-state index is -0.167. The Morgan fingerprint density at radius 1 is 1.40 bits per heavy atom. The van der Waals surface area contributed by atoms with Crippen molar-refractivity contribution < 1.29 is 22.1 Å². The van der Waals surface area contributed by atoms with Crippen LogP contribution < -0.4 is 17.0 Å². The second-order valence-electron chi connectivity index (χ2n) is 1.09. The predicted octanol–water partition coefficient (Wildman–Crippen LogP) is -2.61. The number of rotatable bonds is 0. The zero-order valence-electron chi connectivity index (χ0n) is 3.40. The summed E-state index contributed by atoms with van der Waals surface area (Å²) in [6.45, 7) is 3.44. The molecule has 1 nitrogen and oxygen atoms in total. The molecule has 0 rings (SSSR count). The van der Waals surface area contributed by atoms with E-state index in [0.29, 0.717) is 0 Å². The lowest BCUT2D eigenvalue weighted by Gasteiger charge is -1.80. The van der Waals surface area contributed by atoms with Gasteiger partial charge in [-0.15, -0.1) is 0 Å². The summed E-state index contributed by atoms with van der Waals surface area (Å²) in [4.78, 5) is 0. The van der Waals surface area contributed by atoms with Gasteiger partial charge in [-0.3, -0.25) is 0 Å². The average Bonchev–Trinajstić information content (AvgIpc) is 0.811. The van der Waals surface area contributed by atoms with Gasteiger partial charge in [0.1, 0.15) is 0 Å². The number of aliphatic hydroxyl groups is 1. The summed E-state index contributed by atoms with van der Waals surface area (Å²) in [6, 6.07) is 0. The first-order valence-electron chi connectivity index (χ1n) is 1.41. The molecular formula is C3H8BrO-. The third-order valence-electron chi connectivity index (χ3n) is 0. The average molecular weight is 140 g/mol. The topological polar surface area (TPSA) is 20.2 Å². The molecule has 34 valence electrons. The molecular weight excluding hydrogens is 132 g/mol. The van der Waals surface area contributed by atoms with Crippen molar-refractivity contribution in [2.45, 2.75) is 20.0 Å². The first-order chi connectivity index (χ1) is 1.73. The lowest BCUT2D eigenvalue weighted by molar-refractivity contribution is -0.00000343. The lowest BCUT2D eigenvalue weighted by atomic mass is 10.5. The SMILES string of the molecule is CC(C)O.[Br-].